The zero-order chi connectivity index (χ0) is 13.6. The summed E-state index contributed by atoms with van der Waals surface area (Å²) >= 11 is 0. The van der Waals surface area contributed by atoms with Crippen LogP contribution in [-0.4, -0.2) is 64.9 Å². The van der Waals surface area contributed by atoms with E-state index in [1.165, 1.54) is 17.2 Å². The van der Waals surface area contributed by atoms with Gasteiger partial charge in [-0.15, -0.1) is 0 Å². The summed E-state index contributed by atoms with van der Waals surface area (Å²) in [6.45, 7) is -0.420. The van der Waals surface area contributed by atoms with Gasteiger partial charge in [0.05, 0.1) is 6.61 Å². The average molecular weight is 268 g/mol. The van der Waals surface area contributed by atoms with Crippen molar-refractivity contribution >= 4 is 0 Å². The molecule has 3 rings (SSSR count). The minimum Gasteiger partial charge on any atom is -0.492 e. The fraction of sp³-hybridized carbons (Fsp3) is 0.500. The van der Waals surface area contributed by atoms with E-state index in [0.717, 1.165) is 0 Å². The van der Waals surface area contributed by atoms with Crippen LogP contribution in [-0.2, 0) is 4.74 Å². The van der Waals surface area contributed by atoms with Crippen molar-refractivity contribution in [1.82, 2.24) is 19.5 Å². The monoisotopic (exact) mass is 268 g/mol. The molecule has 0 bridgehead atoms. The summed E-state index contributed by atoms with van der Waals surface area (Å²) in [7, 11) is 0. The normalized spacial score (nSPS) is 31.1. The molecule has 19 heavy (non-hydrogen) atoms. The van der Waals surface area contributed by atoms with Crippen molar-refractivity contribution in [2.45, 2.75) is 24.5 Å². The smallest absolute Gasteiger partial charge is 0.242 e. The Morgan fingerprint density at radius 2 is 2.00 bits per heavy atom. The molecular formula is C10H12N4O5. The Kier molecular flexibility index (Phi) is 2.82. The van der Waals surface area contributed by atoms with Crippen LogP contribution in [0.4, 0.5) is 0 Å². The van der Waals surface area contributed by atoms with Crippen molar-refractivity contribution in [1.29, 1.82) is 0 Å². The largest absolute Gasteiger partial charge is 0.492 e. The number of aromatic hydroxyl groups is 1. The Hall–Kier alpha value is -1.81. The zero-order valence-electron chi connectivity index (χ0n) is 9.66. The van der Waals surface area contributed by atoms with Crippen molar-refractivity contribution in [3.05, 3.63) is 12.7 Å². The van der Waals surface area contributed by atoms with Gasteiger partial charge >= 0.3 is 0 Å². The van der Waals surface area contributed by atoms with E-state index < -0.39 is 31.1 Å². The second kappa shape index (κ2) is 4.38. The van der Waals surface area contributed by atoms with E-state index in [2.05, 4.69) is 15.0 Å². The fourth-order valence-electron chi connectivity index (χ4n) is 2.14. The molecular weight excluding hydrogens is 256 g/mol. The first-order valence-electron chi connectivity index (χ1n) is 5.62. The SMILES string of the molecule is OC[C@H]1OC(n2cnc(O)c3ncnc2-3)[C@@H](O)[C@@H]1O. The molecule has 3 heterocycles. The molecule has 0 aromatic heterocycles. The van der Waals surface area contributed by atoms with Crippen LogP contribution in [0.5, 0.6) is 5.88 Å². The molecule has 3 aliphatic rings. The van der Waals surface area contributed by atoms with Crippen molar-refractivity contribution in [3.63, 3.8) is 0 Å². The van der Waals surface area contributed by atoms with Gasteiger partial charge in [0.25, 0.3) is 0 Å². The molecule has 0 saturated carbocycles. The van der Waals surface area contributed by atoms with Gasteiger partial charge in [-0.2, -0.15) is 0 Å². The molecule has 0 radical (unpaired) electrons. The maximum Gasteiger partial charge on any atom is 0.242 e. The molecule has 3 aliphatic heterocycles. The topological polar surface area (TPSA) is 134 Å². The Morgan fingerprint density at radius 3 is 2.68 bits per heavy atom. The maximum atomic E-state index is 9.93. The van der Waals surface area contributed by atoms with Crippen LogP contribution in [0.1, 0.15) is 6.23 Å². The second-order valence-electron chi connectivity index (χ2n) is 4.25. The predicted molar refractivity (Wildman–Crippen MR) is 59.1 cm³/mol. The number of aromatic nitrogens is 4. The zero-order valence-corrected chi connectivity index (χ0v) is 9.66. The number of aliphatic hydroxyl groups is 3. The summed E-state index contributed by atoms with van der Waals surface area (Å²) in [4.78, 5) is 11.5. The molecule has 4 N–H and O–H groups in total. The standard InChI is InChI=1S/C10H12N4O5/c15-1-4-6(16)7(17)10(19-4)14-3-13-9(18)5-8(14)12-2-11-5/h2-4,6-7,10,15-18H,1H2/t4-,6-,7+,10?/m1/s1. The van der Waals surface area contributed by atoms with Gasteiger partial charge in [-0.1, -0.05) is 0 Å². The fourth-order valence-corrected chi connectivity index (χ4v) is 2.14. The first-order chi connectivity index (χ1) is 9.13. The Balaban J connectivity index is 2.02. The number of hydrogen-bond acceptors (Lipinski definition) is 8. The summed E-state index contributed by atoms with van der Waals surface area (Å²) in [5.74, 6) is -0.0159. The third-order valence-corrected chi connectivity index (χ3v) is 3.13. The lowest BCUT2D eigenvalue weighted by atomic mass is 10.1. The van der Waals surface area contributed by atoms with Gasteiger partial charge in [0.1, 0.15) is 31.0 Å². The first kappa shape index (κ1) is 12.2. The van der Waals surface area contributed by atoms with E-state index in [1.54, 1.807) is 0 Å². The van der Waals surface area contributed by atoms with E-state index in [1.807, 2.05) is 0 Å². The molecule has 9 nitrogen and oxygen atoms in total. The second-order valence-corrected chi connectivity index (χ2v) is 4.25. The summed E-state index contributed by atoms with van der Waals surface area (Å²) in [5.41, 5.74) is 0.167. The summed E-state index contributed by atoms with van der Waals surface area (Å²) in [5, 5.41) is 38.2. The summed E-state index contributed by atoms with van der Waals surface area (Å²) in [6.07, 6.45) is -1.84. The van der Waals surface area contributed by atoms with Gasteiger partial charge in [-0.25, -0.2) is 15.0 Å². The minimum absolute atomic E-state index is 0.167. The molecule has 0 aromatic carbocycles. The molecule has 0 spiro atoms. The Labute approximate surface area is 107 Å². The van der Waals surface area contributed by atoms with E-state index in [0.29, 0.717) is 0 Å². The number of rotatable bonds is 2. The molecule has 1 fully saturated rings. The van der Waals surface area contributed by atoms with Crippen molar-refractivity contribution < 1.29 is 25.2 Å². The van der Waals surface area contributed by atoms with E-state index in [4.69, 9.17) is 9.84 Å². The van der Waals surface area contributed by atoms with Crippen LogP contribution in [0.25, 0.3) is 11.5 Å². The van der Waals surface area contributed by atoms with Crippen LogP contribution in [0.3, 0.4) is 0 Å². The van der Waals surface area contributed by atoms with E-state index in [-0.39, 0.29) is 17.4 Å². The van der Waals surface area contributed by atoms with Gasteiger partial charge in [0, 0.05) is 0 Å². The number of ether oxygens (including phenoxy) is 1. The molecule has 0 aliphatic carbocycles. The van der Waals surface area contributed by atoms with E-state index >= 15 is 0 Å². The van der Waals surface area contributed by atoms with E-state index in [9.17, 15) is 15.3 Å². The number of fused-ring (bicyclic) bond motifs is 1. The molecule has 0 aromatic rings. The predicted octanol–water partition coefficient (Wildman–Crippen LogP) is -1.91. The first-order valence-corrected chi connectivity index (χ1v) is 5.62. The van der Waals surface area contributed by atoms with Crippen LogP contribution >= 0.6 is 0 Å². The highest BCUT2D eigenvalue weighted by molar-refractivity contribution is 5.57. The minimum atomic E-state index is -1.24. The van der Waals surface area contributed by atoms with Crippen molar-refractivity contribution in [2.75, 3.05) is 6.61 Å². The molecule has 0 amide bonds. The summed E-state index contributed by atoms with van der Waals surface area (Å²) in [6, 6.07) is 0. The average Bonchev–Trinajstić information content (AvgIpc) is 2.99. The maximum absolute atomic E-state index is 9.93. The third kappa shape index (κ3) is 1.75. The van der Waals surface area contributed by atoms with Crippen LogP contribution in [0.2, 0.25) is 0 Å². The quantitative estimate of drug-likeness (QED) is 0.496. The van der Waals surface area contributed by atoms with Crippen LogP contribution in [0.15, 0.2) is 12.7 Å². The number of nitrogens with zero attached hydrogens (tertiary/aromatic N) is 4. The van der Waals surface area contributed by atoms with Gasteiger partial charge < -0.3 is 25.2 Å². The lowest BCUT2D eigenvalue weighted by Crippen LogP contribution is -2.33. The molecule has 1 unspecified atom stereocenters. The lowest BCUT2D eigenvalue weighted by Gasteiger charge is -2.20. The highest BCUT2D eigenvalue weighted by Crippen LogP contribution is 2.34. The van der Waals surface area contributed by atoms with Crippen molar-refractivity contribution in [3.8, 4) is 17.4 Å². The molecule has 1 saturated heterocycles. The lowest BCUT2D eigenvalue weighted by molar-refractivity contribution is -0.0530. The van der Waals surface area contributed by atoms with Crippen LogP contribution in [0, 0.1) is 0 Å². The number of aliphatic hydroxyl groups excluding tert-OH is 3. The third-order valence-electron chi connectivity index (χ3n) is 3.13. The number of hydrogen-bond donors (Lipinski definition) is 4. The number of imidazole rings is 1. The highest BCUT2D eigenvalue weighted by atomic mass is 16.6. The van der Waals surface area contributed by atoms with Crippen molar-refractivity contribution in [2.24, 2.45) is 0 Å². The Bertz CT molecular complexity index is 561. The van der Waals surface area contributed by atoms with Gasteiger partial charge in [0.15, 0.2) is 17.7 Å². The molecule has 9 heteroatoms. The highest BCUT2D eigenvalue weighted by Gasteiger charge is 2.44. The van der Waals surface area contributed by atoms with Crippen LogP contribution < -0.4 is 0 Å². The van der Waals surface area contributed by atoms with Gasteiger partial charge in [0.2, 0.25) is 5.88 Å². The Morgan fingerprint density at radius 1 is 1.21 bits per heavy atom. The summed E-state index contributed by atoms with van der Waals surface area (Å²) < 4.78 is 6.71. The molecule has 102 valence electrons. The molecule has 4 atom stereocenters. The van der Waals surface area contributed by atoms with Gasteiger partial charge in [-0.05, 0) is 0 Å². The van der Waals surface area contributed by atoms with Gasteiger partial charge in [-0.3, -0.25) is 4.57 Å².